The Morgan fingerprint density at radius 3 is 2.92 bits per heavy atom. The smallest absolute Gasteiger partial charge is 0.437 e. The molecule has 0 radical (unpaired) electrons. The second kappa shape index (κ2) is 4.43. The van der Waals surface area contributed by atoms with E-state index < -0.39 is 6.16 Å². The van der Waals surface area contributed by atoms with Gasteiger partial charge in [0, 0.05) is 0 Å². The maximum atomic E-state index is 10.7. The SMILES string of the molecule is COC(=O)Oc1nc(Br)ccc1Cl. The Morgan fingerprint density at radius 2 is 2.31 bits per heavy atom. The number of carbonyl (C=O) groups excluding carboxylic acids is 1. The fraction of sp³-hybridized carbons (Fsp3) is 0.143. The Balaban J connectivity index is 2.87. The molecule has 1 aromatic rings. The average Bonchev–Trinajstić information content (AvgIpc) is 2.11. The zero-order valence-electron chi connectivity index (χ0n) is 6.58. The van der Waals surface area contributed by atoms with Crippen molar-refractivity contribution >= 4 is 33.7 Å². The molecule has 0 N–H and O–H groups in total. The molecule has 1 heterocycles. The Morgan fingerprint density at radius 1 is 1.62 bits per heavy atom. The molecule has 0 aliphatic rings. The standard InChI is InChI=1S/C7H5BrClNO3/c1-12-7(11)13-6-4(9)2-3-5(8)10-6/h2-3H,1H3. The van der Waals surface area contributed by atoms with E-state index in [2.05, 4.69) is 30.4 Å². The van der Waals surface area contributed by atoms with Gasteiger partial charge in [0.25, 0.3) is 0 Å². The third-order valence-electron chi connectivity index (χ3n) is 1.13. The van der Waals surface area contributed by atoms with Gasteiger partial charge in [-0.25, -0.2) is 9.78 Å². The van der Waals surface area contributed by atoms with Crippen molar-refractivity contribution in [2.75, 3.05) is 7.11 Å². The minimum absolute atomic E-state index is 0.0166. The van der Waals surface area contributed by atoms with Gasteiger partial charge in [-0.15, -0.1) is 0 Å². The summed E-state index contributed by atoms with van der Waals surface area (Å²) in [4.78, 5) is 14.5. The van der Waals surface area contributed by atoms with E-state index in [4.69, 9.17) is 11.6 Å². The van der Waals surface area contributed by atoms with Gasteiger partial charge in [0.1, 0.15) is 9.63 Å². The number of carbonyl (C=O) groups is 1. The van der Waals surface area contributed by atoms with Crippen molar-refractivity contribution in [2.24, 2.45) is 0 Å². The molecule has 0 saturated heterocycles. The lowest BCUT2D eigenvalue weighted by Gasteiger charge is -2.02. The molecule has 6 heteroatoms. The van der Waals surface area contributed by atoms with Crippen LogP contribution in [-0.2, 0) is 4.74 Å². The number of rotatable bonds is 1. The maximum absolute atomic E-state index is 10.7. The molecular formula is C7H5BrClNO3. The molecule has 0 fully saturated rings. The van der Waals surface area contributed by atoms with Crippen LogP contribution >= 0.6 is 27.5 Å². The molecule has 4 nitrogen and oxygen atoms in total. The van der Waals surface area contributed by atoms with Gasteiger partial charge in [-0.2, -0.15) is 0 Å². The monoisotopic (exact) mass is 265 g/mol. The highest BCUT2D eigenvalue weighted by atomic mass is 79.9. The highest BCUT2D eigenvalue weighted by Gasteiger charge is 2.09. The van der Waals surface area contributed by atoms with Crippen molar-refractivity contribution in [3.63, 3.8) is 0 Å². The van der Waals surface area contributed by atoms with E-state index in [1.165, 1.54) is 7.11 Å². The van der Waals surface area contributed by atoms with Crippen LogP contribution in [0.1, 0.15) is 0 Å². The van der Waals surface area contributed by atoms with Crippen LogP contribution in [0.4, 0.5) is 4.79 Å². The highest BCUT2D eigenvalue weighted by molar-refractivity contribution is 9.10. The minimum Gasteiger partial charge on any atom is -0.437 e. The molecule has 0 aliphatic carbocycles. The molecule has 1 aromatic heterocycles. The van der Waals surface area contributed by atoms with E-state index in [9.17, 15) is 4.79 Å². The molecule has 0 bridgehead atoms. The van der Waals surface area contributed by atoms with Crippen LogP contribution in [0.25, 0.3) is 0 Å². The van der Waals surface area contributed by atoms with Gasteiger partial charge < -0.3 is 9.47 Å². The van der Waals surface area contributed by atoms with E-state index in [-0.39, 0.29) is 10.9 Å². The van der Waals surface area contributed by atoms with Gasteiger partial charge in [-0.3, -0.25) is 0 Å². The molecule has 0 saturated carbocycles. The third-order valence-corrected chi connectivity index (χ3v) is 1.86. The normalized spacial score (nSPS) is 9.46. The second-order valence-corrected chi connectivity index (χ2v) is 3.20. The number of methoxy groups -OCH3 is 1. The molecule has 0 aliphatic heterocycles. The second-order valence-electron chi connectivity index (χ2n) is 1.98. The van der Waals surface area contributed by atoms with Crippen LogP contribution in [0.5, 0.6) is 5.88 Å². The molecule has 70 valence electrons. The molecule has 0 amide bonds. The van der Waals surface area contributed by atoms with E-state index in [0.717, 1.165) is 0 Å². The largest absolute Gasteiger partial charge is 0.514 e. The van der Waals surface area contributed by atoms with E-state index in [1.54, 1.807) is 12.1 Å². The molecule has 0 unspecified atom stereocenters. The average molecular weight is 266 g/mol. The van der Waals surface area contributed by atoms with Gasteiger partial charge in [0.05, 0.1) is 7.11 Å². The molecule has 13 heavy (non-hydrogen) atoms. The summed E-state index contributed by atoms with van der Waals surface area (Å²) in [6, 6.07) is 3.18. The number of hydrogen-bond donors (Lipinski definition) is 0. The lowest BCUT2D eigenvalue weighted by molar-refractivity contribution is 0.119. The summed E-state index contributed by atoms with van der Waals surface area (Å²) < 4.78 is 9.44. The summed E-state index contributed by atoms with van der Waals surface area (Å²) in [6.45, 7) is 0. The Bertz CT molecular complexity index is 332. The van der Waals surface area contributed by atoms with Gasteiger partial charge >= 0.3 is 6.16 Å². The van der Waals surface area contributed by atoms with Gasteiger partial charge in [-0.1, -0.05) is 11.6 Å². The Kier molecular flexibility index (Phi) is 3.50. The molecular weight excluding hydrogens is 261 g/mol. The summed E-state index contributed by atoms with van der Waals surface area (Å²) in [5.41, 5.74) is 0. The predicted octanol–water partition coefficient (Wildman–Crippen LogP) is 2.64. The van der Waals surface area contributed by atoms with Gasteiger partial charge in [0.2, 0.25) is 5.88 Å². The Labute approximate surface area is 87.9 Å². The van der Waals surface area contributed by atoms with E-state index in [1.807, 2.05) is 0 Å². The first kappa shape index (κ1) is 10.3. The van der Waals surface area contributed by atoms with Crippen LogP contribution in [0, 0.1) is 0 Å². The van der Waals surface area contributed by atoms with Crippen molar-refractivity contribution in [1.29, 1.82) is 0 Å². The van der Waals surface area contributed by atoms with Crippen molar-refractivity contribution in [1.82, 2.24) is 4.98 Å². The fourth-order valence-electron chi connectivity index (χ4n) is 0.593. The van der Waals surface area contributed by atoms with Crippen molar-refractivity contribution in [3.8, 4) is 5.88 Å². The number of pyridine rings is 1. The number of ether oxygens (including phenoxy) is 2. The zero-order valence-corrected chi connectivity index (χ0v) is 8.92. The zero-order chi connectivity index (χ0) is 9.84. The van der Waals surface area contributed by atoms with Crippen LogP contribution in [0.3, 0.4) is 0 Å². The third kappa shape index (κ3) is 2.86. The van der Waals surface area contributed by atoms with Crippen LogP contribution in [0.15, 0.2) is 16.7 Å². The maximum Gasteiger partial charge on any atom is 0.514 e. The van der Waals surface area contributed by atoms with Crippen molar-refractivity contribution < 1.29 is 14.3 Å². The lowest BCUT2D eigenvalue weighted by Crippen LogP contribution is -2.08. The number of halogens is 2. The molecule has 1 rings (SSSR count). The first-order chi connectivity index (χ1) is 6.13. The summed E-state index contributed by atoms with van der Waals surface area (Å²) in [5.74, 6) is 0.0166. The van der Waals surface area contributed by atoms with E-state index >= 15 is 0 Å². The first-order valence-electron chi connectivity index (χ1n) is 3.21. The van der Waals surface area contributed by atoms with Crippen molar-refractivity contribution in [3.05, 3.63) is 21.8 Å². The number of aromatic nitrogens is 1. The quantitative estimate of drug-likeness (QED) is 0.579. The lowest BCUT2D eigenvalue weighted by atomic mass is 10.5. The van der Waals surface area contributed by atoms with Crippen LogP contribution < -0.4 is 4.74 Å². The van der Waals surface area contributed by atoms with Gasteiger partial charge in [0.15, 0.2) is 0 Å². The topological polar surface area (TPSA) is 48.4 Å². The van der Waals surface area contributed by atoms with E-state index in [0.29, 0.717) is 4.60 Å². The van der Waals surface area contributed by atoms with Crippen LogP contribution in [-0.4, -0.2) is 18.2 Å². The first-order valence-corrected chi connectivity index (χ1v) is 4.38. The Hall–Kier alpha value is -0.810. The minimum atomic E-state index is -0.854. The summed E-state index contributed by atoms with van der Waals surface area (Å²) in [5, 5.41) is 0.244. The molecule has 0 spiro atoms. The van der Waals surface area contributed by atoms with Crippen LogP contribution in [0.2, 0.25) is 5.02 Å². The molecule has 0 aromatic carbocycles. The van der Waals surface area contributed by atoms with Gasteiger partial charge in [-0.05, 0) is 28.1 Å². The highest BCUT2D eigenvalue weighted by Crippen LogP contribution is 2.24. The predicted molar refractivity (Wildman–Crippen MR) is 50.0 cm³/mol. The summed E-state index contributed by atoms with van der Waals surface area (Å²) in [6.07, 6.45) is -0.854. The fourth-order valence-corrected chi connectivity index (χ4v) is 1.03. The van der Waals surface area contributed by atoms with Crippen molar-refractivity contribution in [2.45, 2.75) is 0 Å². The molecule has 0 atom stereocenters. The summed E-state index contributed by atoms with van der Waals surface area (Å²) in [7, 11) is 1.20. The number of hydrogen-bond acceptors (Lipinski definition) is 4. The number of nitrogens with zero attached hydrogens (tertiary/aromatic N) is 1. The summed E-state index contributed by atoms with van der Waals surface area (Å²) >= 11 is 8.79.